The van der Waals surface area contributed by atoms with Crippen LogP contribution in [0.3, 0.4) is 0 Å². The molecule has 4 rings (SSSR count). The molecule has 8 heteroatoms. The molecule has 1 aliphatic carbocycles. The molecule has 1 fully saturated rings. The van der Waals surface area contributed by atoms with Crippen molar-refractivity contribution in [1.82, 2.24) is 14.9 Å². The minimum atomic E-state index is -0.673. The fourth-order valence-corrected chi connectivity index (χ4v) is 4.82. The molecule has 29 heavy (non-hydrogen) atoms. The minimum absolute atomic E-state index is 0.0554. The van der Waals surface area contributed by atoms with Crippen LogP contribution in [0.15, 0.2) is 29.1 Å². The van der Waals surface area contributed by atoms with Gasteiger partial charge in [-0.3, -0.25) is 14.2 Å². The number of hydrogen-bond acceptors (Lipinski definition) is 5. The van der Waals surface area contributed by atoms with E-state index >= 15 is 0 Å². The Bertz CT molecular complexity index is 1020. The minimum Gasteiger partial charge on any atom is -0.501 e. The predicted octanol–water partition coefficient (Wildman–Crippen LogP) is 2.08. The van der Waals surface area contributed by atoms with E-state index in [0.29, 0.717) is 17.9 Å². The van der Waals surface area contributed by atoms with Crippen LogP contribution in [-0.2, 0) is 13.1 Å². The lowest BCUT2D eigenvalue weighted by Crippen LogP contribution is -2.35. The molecule has 3 atom stereocenters. The maximum absolute atomic E-state index is 13.0. The van der Waals surface area contributed by atoms with Crippen molar-refractivity contribution in [2.45, 2.75) is 45.8 Å². The topological polar surface area (TPSA) is 110 Å². The average molecular weight is 400 g/mol. The Hall–Kier alpha value is -2.74. The number of amides is 1. The Labute approximate surface area is 167 Å². The highest BCUT2D eigenvalue weighted by Gasteiger charge is 2.49. The fourth-order valence-electron chi connectivity index (χ4n) is 4.82. The monoisotopic (exact) mass is 400 g/mol. The molecule has 7 nitrogen and oxygen atoms in total. The van der Waals surface area contributed by atoms with Crippen molar-refractivity contribution in [3.8, 4) is 5.75 Å². The standard InChI is InChI=1S/C21H25FN4O3/c1-21(2)12-5-8-14(21)15(23)18-25-16(17(27)20(29)26(18)10-12)19(28)24-9-11-3-6-13(22)7-4-11/h3-4,6-7,12,14-15,27H,5,8-10,23H2,1-2H3,(H,24,28)/t12-,14?,15-/m1/s1. The molecule has 0 spiro atoms. The van der Waals surface area contributed by atoms with Gasteiger partial charge in [0.25, 0.3) is 11.5 Å². The van der Waals surface area contributed by atoms with Crippen molar-refractivity contribution < 1.29 is 14.3 Å². The summed E-state index contributed by atoms with van der Waals surface area (Å²) in [7, 11) is 0. The molecule has 1 aromatic carbocycles. The molecular weight excluding hydrogens is 375 g/mol. The van der Waals surface area contributed by atoms with Crippen LogP contribution in [0.5, 0.6) is 5.75 Å². The molecule has 0 saturated heterocycles. The van der Waals surface area contributed by atoms with E-state index in [0.717, 1.165) is 12.8 Å². The molecule has 154 valence electrons. The van der Waals surface area contributed by atoms with Crippen LogP contribution in [0.2, 0.25) is 0 Å². The van der Waals surface area contributed by atoms with Gasteiger partial charge in [0.05, 0.1) is 6.04 Å². The Morgan fingerprint density at radius 3 is 2.72 bits per heavy atom. The SMILES string of the molecule is CC1(C)C2CC[C@@H]1Cn1c(nc(C(=O)NCc3ccc(F)cc3)c(O)c1=O)[C@@H]2N. The number of benzene rings is 1. The van der Waals surface area contributed by atoms with Crippen molar-refractivity contribution in [3.05, 3.63) is 57.5 Å². The first-order valence-corrected chi connectivity index (χ1v) is 9.82. The van der Waals surface area contributed by atoms with Gasteiger partial charge in [-0.2, -0.15) is 0 Å². The molecule has 1 aliphatic heterocycles. The van der Waals surface area contributed by atoms with E-state index in [4.69, 9.17) is 5.73 Å². The van der Waals surface area contributed by atoms with Crippen molar-refractivity contribution in [1.29, 1.82) is 0 Å². The average Bonchev–Trinajstić information content (AvgIpc) is 2.93. The van der Waals surface area contributed by atoms with Crippen LogP contribution in [0.4, 0.5) is 4.39 Å². The maximum Gasteiger partial charge on any atom is 0.296 e. The van der Waals surface area contributed by atoms with Crippen molar-refractivity contribution in [2.75, 3.05) is 0 Å². The summed E-state index contributed by atoms with van der Waals surface area (Å²) in [5.41, 5.74) is 6.16. The summed E-state index contributed by atoms with van der Waals surface area (Å²) < 4.78 is 14.5. The Balaban J connectivity index is 1.66. The molecule has 1 saturated carbocycles. The first-order chi connectivity index (χ1) is 13.7. The summed E-state index contributed by atoms with van der Waals surface area (Å²) in [5, 5.41) is 13.0. The van der Waals surface area contributed by atoms with Crippen LogP contribution in [0, 0.1) is 23.1 Å². The second-order valence-electron chi connectivity index (χ2n) is 8.62. The second kappa shape index (κ2) is 6.95. The third-order valence-corrected chi connectivity index (χ3v) is 6.72. The van der Waals surface area contributed by atoms with Crippen LogP contribution >= 0.6 is 0 Å². The van der Waals surface area contributed by atoms with Gasteiger partial charge >= 0.3 is 0 Å². The molecule has 1 amide bonds. The Morgan fingerprint density at radius 1 is 1.34 bits per heavy atom. The van der Waals surface area contributed by atoms with Gasteiger partial charge in [0, 0.05) is 13.1 Å². The first kappa shape index (κ1) is 19.6. The number of carbonyl (C=O) groups excluding carboxylic acids is 1. The highest BCUT2D eigenvalue weighted by molar-refractivity contribution is 5.94. The molecule has 2 bridgehead atoms. The van der Waals surface area contributed by atoms with Gasteiger partial charge in [0.1, 0.15) is 11.6 Å². The molecule has 1 aromatic heterocycles. The van der Waals surface area contributed by atoms with E-state index in [1.807, 2.05) is 0 Å². The Kier molecular flexibility index (Phi) is 4.69. The van der Waals surface area contributed by atoms with Gasteiger partial charge in [0.15, 0.2) is 5.69 Å². The second-order valence-corrected chi connectivity index (χ2v) is 8.62. The third-order valence-electron chi connectivity index (χ3n) is 6.72. The summed E-state index contributed by atoms with van der Waals surface area (Å²) in [6.07, 6.45) is 1.92. The van der Waals surface area contributed by atoms with Crippen LogP contribution in [0.1, 0.15) is 54.6 Å². The maximum atomic E-state index is 13.0. The highest BCUT2D eigenvalue weighted by atomic mass is 19.1. The van der Waals surface area contributed by atoms with Gasteiger partial charge in [-0.05, 0) is 47.8 Å². The lowest BCUT2D eigenvalue weighted by atomic mass is 9.73. The van der Waals surface area contributed by atoms with Gasteiger partial charge in [-0.25, -0.2) is 9.37 Å². The number of nitrogens with zero attached hydrogens (tertiary/aromatic N) is 2. The van der Waals surface area contributed by atoms with E-state index < -0.39 is 23.3 Å². The number of carbonyl (C=O) groups is 1. The van der Waals surface area contributed by atoms with E-state index in [1.165, 1.54) is 16.7 Å². The summed E-state index contributed by atoms with van der Waals surface area (Å²) in [6.45, 7) is 4.86. The van der Waals surface area contributed by atoms with Gasteiger partial charge in [-0.15, -0.1) is 0 Å². The Morgan fingerprint density at radius 2 is 2.03 bits per heavy atom. The van der Waals surface area contributed by atoms with E-state index in [1.54, 1.807) is 12.1 Å². The van der Waals surface area contributed by atoms with Gasteiger partial charge < -0.3 is 16.2 Å². The number of halogens is 1. The summed E-state index contributed by atoms with van der Waals surface area (Å²) in [5.74, 6) is -0.963. The number of rotatable bonds is 3. The van der Waals surface area contributed by atoms with E-state index in [-0.39, 0.29) is 35.3 Å². The largest absolute Gasteiger partial charge is 0.501 e. The van der Waals surface area contributed by atoms with Crippen molar-refractivity contribution >= 4 is 5.91 Å². The lowest BCUT2D eigenvalue weighted by Gasteiger charge is -2.32. The molecule has 0 radical (unpaired) electrons. The number of hydrogen-bond donors (Lipinski definition) is 3. The highest BCUT2D eigenvalue weighted by Crippen LogP contribution is 2.53. The zero-order chi connectivity index (χ0) is 20.9. The number of nitrogens with one attached hydrogen (secondary N) is 1. The van der Waals surface area contributed by atoms with Crippen molar-refractivity contribution in [2.24, 2.45) is 23.0 Å². The summed E-state index contributed by atoms with van der Waals surface area (Å²) in [4.78, 5) is 29.8. The molecule has 4 N–H and O–H groups in total. The van der Waals surface area contributed by atoms with Gasteiger partial charge in [-0.1, -0.05) is 26.0 Å². The number of aromatic hydroxyl groups is 1. The molecular formula is C21H25FN4O3. The molecule has 2 heterocycles. The summed E-state index contributed by atoms with van der Waals surface area (Å²) >= 11 is 0. The number of aromatic nitrogens is 2. The quantitative estimate of drug-likeness (QED) is 0.731. The fraction of sp³-hybridized carbons (Fsp3) is 0.476. The molecule has 2 aliphatic rings. The zero-order valence-electron chi connectivity index (χ0n) is 16.5. The van der Waals surface area contributed by atoms with E-state index in [2.05, 4.69) is 24.1 Å². The van der Waals surface area contributed by atoms with E-state index in [9.17, 15) is 19.1 Å². The molecule has 1 unspecified atom stereocenters. The third kappa shape index (κ3) is 3.21. The lowest BCUT2D eigenvalue weighted by molar-refractivity contribution is 0.0941. The predicted molar refractivity (Wildman–Crippen MR) is 105 cm³/mol. The summed E-state index contributed by atoms with van der Waals surface area (Å²) in [6, 6.07) is 5.19. The number of nitrogens with two attached hydrogens (primary N) is 1. The number of fused-ring (bicyclic) bond motifs is 3. The first-order valence-electron chi connectivity index (χ1n) is 9.82. The van der Waals surface area contributed by atoms with Gasteiger partial charge in [0.2, 0.25) is 5.75 Å². The van der Waals surface area contributed by atoms with Crippen molar-refractivity contribution in [3.63, 3.8) is 0 Å². The van der Waals surface area contributed by atoms with Crippen LogP contribution in [-0.4, -0.2) is 20.6 Å². The van der Waals surface area contributed by atoms with Crippen LogP contribution < -0.4 is 16.6 Å². The normalized spacial score (nSPS) is 24.6. The zero-order valence-corrected chi connectivity index (χ0v) is 16.5. The smallest absolute Gasteiger partial charge is 0.296 e. The van der Waals surface area contributed by atoms with Crippen LogP contribution in [0.25, 0.3) is 0 Å². The molecule has 2 aromatic rings.